The molecule has 0 aliphatic carbocycles. The van der Waals surface area contributed by atoms with E-state index < -0.39 is 0 Å². The Balaban J connectivity index is 2.82. The first kappa shape index (κ1) is 13.5. The first-order valence-corrected chi connectivity index (χ1v) is 6.35. The van der Waals surface area contributed by atoms with Crippen LogP contribution in [-0.2, 0) is 0 Å². The van der Waals surface area contributed by atoms with Gasteiger partial charge in [-0.25, -0.2) is 0 Å². The third kappa shape index (κ3) is 2.33. The minimum absolute atomic E-state index is 0.371. The predicted molar refractivity (Wildman–Crippen MR) is 77.7 cm³/mol. The Morgan fingerprint density at radius 3 is 2.11 bits per heavy atom. The van der Waals surface area contributed by atoms with Crippen LogP contribution in [0.1, 0.15) is 25.3 Å². The van der Waals surface area contributed by atoms with Gasteiger partial charge in [0.1, 0.15) is 17.2 Å². The van der Waals surface area contributed by atoms with E-state index in [1.165, 1.54) is 0 Å². The van der Waals surface area contributed by atoms with Crippen LogP contribution in [0.5, 0.6) is 17.2 Å². The average Bonchev–Trinajstić information content (AvgIpc) is 2.44. The molecule has 0 unspecified atom stereocenters. The maximum atomic E-state index is 5.60. The molecule has 0 fully saturated rings. The van der Waals surface area contributed by atoms with E-state index in [1.54, 1.807) is 21.3 Å². The van der Waals surface area contributed by atoms with Crippen molar-refractivity contribution in [3.8, 4) is 17.2 Å². The summed E-state index contributed by atoms with van der Waals surface area (Å²) in [6.45, 7) is 4.29. The van der Waals surface area contributed by atoms with Gasteiger partial charge in [0.2, 0.25) is 0 Å². The standard InChI is InChI=1S/C16H20O3/c1-10(2)13-9-15(18-4)14-8-11(17-3)6-7-12(14)16(13)19-5/h6-10H,1-5H3. The molecular formula is C16H20O3. The number of ether oxygens (including phenoxy) is 3. The summed E-state index contributed by atoms with van der Waals surface area (Å²) in [5.74, 6) is 2.94. The van der Waals surface area contributed by atoms with Crippen LogP contribution in [-0.4, -0.2) is 21.3 Å². The van der Waals surface area contributed by atoms with E-state index in [0.29, 0.717) is 5.92 Å². The van der Waals surface area contributed by atoms with Gasteiger partial charge in [0.25, 0.3) is 0 Å². The molecule has 102 valence electrons. The van der Waals surface area contributed by atoms with Gasteiger partial charge < -0.3 is 14.2 Å². The van der Waals surface area contributed by atoms with Gasteiger partial charge in [-0.3, -0.25) is 0 Å². The van der Waals surface area contributed by atoms with Crippen LogP contribution in [0.15, 0.2) is 24.3 Å². The second kappa shape index (κ2) is 5.39. The molecule has 0 aliphatic heterocycles. The zero-order chi connectivity index (χ0) is 14.0. The number of rotatable bonds is 4. The van der Waals surface area contributed by atoms with Crippen LogP contribution in [0.4, 0.5) is 0 Å². The predicted octanol–water partition coefficient (Wildman–Crippen LogP) is 3.99. The molecule has 3 nitrogen and oxygen atoms in total. The van der Waals surface area contributed by atoms with E-state index in [4.69, 9.17) is 14.2 Å². The van der Waals surface area contributed by atoms with Crippen LogP contribution >= 0.6 is 0 Å². The number of hydrogen-bond acceptors (Lipinski definition) is 3. The molecule has 0 radical (unpaired) electrons. The molecule has 0 spiro atoms. The molecule has 2 aromatic rings. The second-order valence-corrected chi connectivity index (χ2v) is 4.77. The van der Waals surface area contributed by atoms with Crippen LogP contribution in [0.25, 0.3) is 10.8 Å². The van der Waals surface area contributed by atoms with Crippen molar-refractivity contribution in [2.45, 2.75) is 19.8 Å². The normalized spacial score (nSPS) is 10.8. The number of hydrogen-bond donors (Lipinski definition) is 0. The van der Waals surface area contributed by atoms with E-state index in [2.05, 4.69) is 13.8 Å². The highest BCUT2D eigenvalue weighted by molar-refractivity contribution is 5.95. The van der Waals surface area contributed by atoms with Crippen molar-refractivity contribution in [3.05, 3.63) is 29.8 Å². The molecule has 0 bridgehead atoms. The Bertz CT molecular complexity index is 588. The molecule has 0 atom stereocenters. The summed E-state index contributed by atoms with van der Waals surface area (Å²) in [5.41, 5.74) is 1.15. The summed E-state index contributed by atoms with van der Waals surface area (Å²) in [7, 11) is 5.05. The molecule has 0 saturated heterocycles. The molecule has 2 rings (SSSR count). The van der Waals surface area contributed by atoms with Gasteiger partial charge in [-0.05, 0) is 30.2 Å². The Labute approximate surface area is 114 Å². The van der Waals surface area contributed by atoms with Crippen molar-refractivity contribution in [1.82, 2.24) is 0 Å². The fourth-order valence-electron chi connectivity index (χ4n) is 2.32. The largest absolute Gasteiger partial charge is 0.497 e. The van der Waals surface area contributed by atoms with Crippen LogP contribution in [0.3, 0.4) is 0 Å². The highest BCUT2D eigenvalue weighted by Gasteiger charge is 2.16. The molecule has 0 amide bonds. The highest BCUT2D eigenvalue weighted by Crippen LogP contribution is 2.41. The summed E-state index contributed by atoms with van der Waals surface area (Å²) in [4.78, 5) is 0. The lowest BCUT2D eigenvalue weighted by Crippen LogP contribution is -1.98. The molecule has 2 aromatic carbocycles. The summed E-state index contributed by atoms with van der Waals surface area (Å²) >= 11 is 0. The van der Waals surface area contributed by atoms with E-state index in [9.17, 15) is 0 Å². The monoisotopic (exact) mass is 260 g/mol. The minimum Gasteiger partial charge on any atom is -0.497 e. The minimum atomic E-state index is 0.371. The van der Waals surface area contributed by atoms with Crippen LogP contribution in [0.2, 0.25) is 0 Å². The van der Waals surface area contributed by atoms with Gasteiger partial charge in [-0.2, -0.15) is 0 Å². The summed E-state index contributed by atoms with van der Waals surface area (Å²) < 4.78 is 16.4. The Kier molecular flexibility index (Phi) is 3.84. The zero-order valence-electron chi connectivity index (χ0n) is 12.1. The Morgan fingerprint density at radius 2 is 1.58 bits per heavy atom. The summed E-state index contributed by atoms with van der Waals surface area (Å²) in [5, 5.41) is 2.05. The maximum Gasteiger partial charge on any atom is 0.130 e. The second-order valence-electron chi connectivity index (χ2n) is 4.77. The van der Waals surface area contributed by atoms with Crippen molar-refractivity contribution in [2.75, 3.05) is 21.3 Å². The first-order chi connectivity index (χ1) is 9.12. The first-order valence-electron chi connectivity index (χ1n) is 6.35. The van der Waals surface area contributed by atoms with E-state index in [-0.39, 0.29) is 0 Å². The maximum absolute atomic E-state index is 5.60. The molecule has 0 heterocycles. The quantitative estimate of drug-likeness (QED) is 0.832. The van der Waals surface area contributed by atoms with Crippen LogP contribution < -0.4 is 14.2 Å². The average molecular weight is 260 g/mol. The third-order valence-corrected chi connectivity index (χ3v) is 3.33. The molecule has 0 aliphatic rings. The number of fused-ring (bicyclic) bond motifs is 1. The van der Waals surface area contributed by atoms with Gasteiger partial charge in [0, 0.05) is 16.3 Å². The number of benzene rings is 2. The smallest absolute Gasteiger partial charge is 0.130 e. The van der Waals surface area contributed by atoms with Crippen molar-refractivity contribution in [1.29, 1.82) is 0 Å². The van der Waals surface area contributed by atoms with E-state index in [0.717, 1.165) is 33.6 Å². The van der Waals surface area contributed by atoms with E-state index in [1.807, 2.05) is 24.3 Å². The molecule has 0 aromatic heterocycles. The number of methoxy groups -OCH3 is 3. The Morgan fingerprint density at radius 1 is 0.842 bits per heavy atom. The third-order valence-electron chi connectivity index (χ3n) is 3.33. The lowest BCUT2D eigenvalue weighted by molar-refractivity contribution is 0.402. The molecular weight excluding hydrogens is 240 g/mol. The fraction of sp³-hybridized carbons (Fsp3) is 0.375. The van der Waals surface area contributed by atoms with Gasteiger partial charge >= 0.3 is 0 Å². The molecule has 0 saturated carbocycles. The van der Waals surface area contributed by atoms with Crippen molar-refractivity contribution in [3.63, 3.8) is 0 Å². The van der Waals surface area contributed by atoms with Crippen molar-refractivity contribution in [2.24, 2.45) is 0 Å². The SMILES string of the molecule is COc1ccc2c(OC)c(C(C)C)cc(OC)c2c1. The Hall–Kier alpha value is -1.90. The van der Waals surface area contributed by atoms with Gasteiger partial charge in [-0.15, -0.1) is 0 Å². The lowest BCUT2D eigenvalue weighted by atomic mass is 9.96. The summed E-state index contributed by atoms with van der Waals surface area (Å²) in [6, 6.07) is 7.97. The zero-order valence-corrected chi connectivity index (χ0v) is 12.1. The lowest BCUT2D eigenvalue weighted by Gasteiger charge is -2.17. The van der Waals surface area contributed by atoms with Gasteiger partial charge in [0.15, 0.2) is 0 Å². The van der Waals surface area contributed by atoms with E-state index >= 15 is 0 Å². The molecule has 0 N–H and O–H groups in total. The van der Waals surface area contributed by atoms with Crippen molar-refractivity contribution >= 4 is 10.8 Å². The van der Waals surface area contributed by atoms with Crippen LogP contribution in [0, 0.1) is 0 Å². The van der Waals surface area contributed by atoms with Gasteiger partial charge in [-0.1, -0.05) is 13.8 Å². The van der Waals surface area contributed by atoms with Gasteiger partial charge in [0.05, 0.1) is 21.3 Å². The summed E-state index contributed by atoms with van der Waals surface area (Å²) in [6.07, 6.45) is 0. The fourth-order valence-corrected chi connectivity index (χ4v) is 2.32. The molecule has 19 heavy (non-hydrogen) atoms. The van der Waals surface area contributed by atoms with Crippen molar-refractivity contribution < 1.29 is 14.2 Å². The topological polar surface area (TPSA) is 27.7 Å². The molecule has 3 heteroatoms. The highest BCUT2D eigenvalue weighted by atomic mass is 16.5.